The Balaban J connectivity index is 2.53. The monoisotopic (exact) mass is 240 g/mol. The molecule has 1 fully saturated rings. The minimum absolute atomic E-state index is 0.0190. The molecule has 0 N–H and O–H groups in total. The number of carbonyl (C=O) groups is 1. The minimum Gasteiger partial charge on any atom is -0.490 e. The number of esters is 1. The molecule has 98 valence electrons. The number of hydrogen-bond acceptors (Lipinski definition) is 3. The van der Waals surface area contributed by atoms with Crippen LogP contribution in [-0.4, -0.2) is 19.2 Å². The molecule has 0 unspecified atom stereocenters. The third-order valence-electron chi connectivity index (χ3n) is 3.63. The molecule has 3 nitrogen and oxygen atoms in total. The zero-order valence-electron chi connectivity index (χ0n) is 11.4. The average Bonchev–Trinajstić information content (AvgIpc) is 2.26. The maximum absolute atomic E-state index is 11.6. The van der Waals surface area contributed by atoms with Gasteiger partial charge in [-0.25, -0.2) is 4.79 Å². The Morgan fingerprint density at radius 2 is 1.94 bits per heavy atom. The van der Waals surface area contributed by atoms with Crippen molar-refractivity contribution in [2.45, 2.75) is 46.1 Å². The maximum Gasteiger partial charge on any atom is 0.373 e. The topological polar surface area (TPSA) is 35.5 Å². The molecular formula is C14H24O3. The summed E-state index contributed by atoms with van der Waals surface area (Å²) in [6.07, 6.45) is 3.17. The van der Waals surface area contributed by atoms with Gasteiger partial charge in [-0.2, -0.15) is 0 Å². The molecule has 0 aromatic rings. The summed E-state index contributed by atoms with van der Waals surface area (Å²) in [6.45, 7) is 10.2. The van der Waals surface area contributed by atoms with E-state index in [9.17, 15) is 4.79 Å². The first kappa shape index (κ1) is 14.1. The largest absolute Gasteiger partial charge is 0.490 e. The number of methoxy groups -OCH3 is 1. The molecule has 0 spiro atoms. The van der Waals surface area contributed by atoms with E-state index < -0.39 is 5.97 Å². The Morgan fingerprint density at radius 3 is 2.47 bits per heavy atom. The van der Waals surface area contributed by atoms with Crippen molar-refractivity contribution in [2.75, 3.05) is 7.11 Å². The van der Waals surface area contributed by atoms with Gasteiger partial charge >= 0.3 is 5.97 Å². The van der Waals surface area contributed by atoms with Crippen molar-refractivity contribution in [2.24, 2.45) is 17.8 Å². The Hall–Kier alpha value is -0.990. The van der Waals surface area contributed by atoms with Crippen molar-refractivity contribution >= 4 is 5.97 Å². The highest BCUT2D eigenvalue weighted by Crippen LogP contribution is 2.35. The molecule has 3 atom stereocenters. The predicted molar refractivity (Wildman–Crippen MR) is 67.4 cm³/mol. The Kier molecular flexibility index (Phi) is 5.03. The van der Waals surface area contributed by atoms with Crippen molar-refractivity contribution in [3.63, 3.8) is 0 Å². The number of ether oxygens (including phenoxy) is 2. The van der Waals surface area contributed by atoms with E-state index in [0.29, 0.717) is 17.8 Å². The van der Waals surface area contributed by atoms with Crippen molar-refractivity contribution in [3.8, 4) is 0 Å². The van der Waals surface area contributed by atoms with Gasteiger partial charge in [-0.1, -0.05) is 20.8 Å². The van der Waals surface area contributed by atoms with Crippen LogP contribution in [0.15, 0.2) is 12.3 Å². The van der Waals surface area contributed by atoms with Crippen LogP contribution in [0.2, 0.25) is 0 Å². The molecule has 1 saturated carbocycles. The maximum atomic E-state index is 11.6. The first-order valence-electron chi connectivity index (χ1n) is 6.37. The second-order valence-corrected chi connectivity index (χ2v) is 5.47. The van der Waals surface area contributed by atoms with Gasteiger partial charge in [-0.05, 0) is 43.6 Å². The fraction of sp³-hybridized carbons (Fsp3) is 0.786. The van der Waals surface area contributed by atoms with E-state index in [1.54, 1.807) is 0 Å². The molecule has 0 heterocycles. The molecule has 0 aromatic heterocycles. The molecule has 0 radical (unpaired) electrons. The van der Waals surface area contributed by atoms with Gasteiger partial charge in [-0.3, -0.25) is 0 Å². The smallest absolute Gasteiger partial charge is 0.373 e. The average molecular weight is 240 g/mol. The van der Waals surface area contributed by atoms with Crippen LogP contribution in [0.3, 0.4) is 0 Å². The lowest BCUT2D eigenvalue weighted by molar-refractivity contribution is -0.151. The Morgan fingerprint density at radius 1 is 1.29 bits per heavy atom. The Bertz CT molecular complexity index is 283. The summed E-state index contributed by atoms with van der Waals surface area (Å²) in [6, 6.07) is 0. The molecule has 0 aromatic carbocycles. The van der Waals surface area contributed by atoms with E-state index in [2.05, 4.69) is 27.4 Å². The molecule has 0 amide bonds. The lowest BCUT2D eigenvalue weighted by Crippen LogP contribution is -2.32. The highest BCUT2D eigenvalue weighted by Gasteiger charge is 2.31. The van der Waals surface area contributed by atoms with Crippen molar-refractivity contribution in [1.29, 1.82) is 0 Å². The van der Waals surface area contributed by atoms with E-state index in [1.807, 2.05) is 0 Å². The van der Waals surface area contributed by atoms with Crippen molar-refractivity contribution in [1.82, 2.24) is 0 Å². The summed E-state index contributed by atoms with van der Waals surface area (Å²) in [5.41, 5.74) is 0. The summed E-state index contributed by atoms with van der Waals surface area (Å²) < 4.78 is 10.2. The fourth-order valence-electron chi connectivity index (χ4n) is 2.53. The lowest BCUT2D eigenvalue weighted by Gasteiger charge is -2.35. The second-order valence-electron chi connectivity index (χ2n) is 5.47. The molecule has 1 aliphatic rings. The van der Waals surface area contributed by atoms with Gasteiger partial charge in [0, 0.05) is 0 Å². The van der Waals surface area contributed by atoms with Gasteiger partial charge in [0.2, 0.25) is 0 Å². The predicted octanol–water partition coefficient (Wildman–Crippen LogP) is 3.15. The normalized spacial score (nSPS) is 28.9. The standard InChI is InChI=1S/C14H24O3/c1-9(2)12-6-10(3)7-13(8-12)17-14(15)11(4)16-5/h9-10,12-13H,4,6-8H2,1-3,5H3/t10-,12-,13-/m1/s1. The SMILES string of the molecule is C=C(OC)C(=O)O[C@@H]1C[C@H](C)C[C@@H](C(C)C)C1. The van der Waals surface area contributed by atoms with E-state index in [4.69, 9.17) is 9.47 Å². The summed E-state index contributed by atoms with van der Waals surface area (Å²) in [4.78, 5) is 11.6. The summed E-state index contributed by atoms with van der Waals surface area (Å²) in [5, 5.41) is 0. The van der Waals surface area contributed by atoms with Gasteiger partial charge in [0.05, 0.1) is 7.11 Å². The molecular weight excluding hydrogens is 216 g/mol. The van der Waals surface area contributed by atoms with Crippen LogP contribution in [-0.2, 0) is 14.3 Å². The molecule has 0 saturated heterocycles. The first-order valence-corrected chi connectivity index (χ1v) is 6.37. The first-order chi connectivity index (χ1) is 7.93. The van der Waals surface area contributed by atoms with Gasteiger partial charge in [-0.15, -0.1) is 0 Å². The number of carbonyl (C=O) groups excluding carboxylic acids is 1. The minimum atomic E-state index is -0.422. The van der Waals surface area contributed by atoms with Gasteiger partial charge < -0.3 is 9.47 Å². The van der Waals surface area contributed by atoms with Crippen LogP contribution in [0.25, 0.3) is 0 Å². The van der Waals surface area contributed by atoms with Gasteiger partial charge in [0.15, 0.2) is 5.76 Å². The molecule has 0 bridgehead atoms. The number of rotatable bonds is 4. The zero-order chi connectivity index (χ0) is 13.0. The quantitative estimate of drug-likeness (QED) is 0.430. The third kappa shape index (κ3) is 4.06. The van der Waals surface area contributed by atoms with Crippen LogP contribution in [0, 0.1) is 17.8 Å². The number of hydrogen-bond donors (Lipinski definition) is 0. The van der Waals surface area contributed by atoms with Crippen LogP contribution in [0.5, 0.6) is 0 Å². The zero-order valence-corrected chi connectivity index (χ0v) is 11.4. The lowest BCUT2D eigenvalue weighted by atomic mass is 9.75. The molecule has 1 aliphatic carbocycles. The molecule has 3 heteroatoms. The van der Waals surface area contributed by atoms with Crippen molar-refractivity contribution in [3.05, 3.63) is 12.3 Å². The van der Waals surface area contributed by atoms with E-state index >= 15 is 0 Å². The highest BCUT2D eigenvalue weighted by atomic mass is 16.6. The van der Waals surface area contributed by atoms with Crippen LogP contribution in [0.1, 0.15) is 40.0 Å². The van der Waals surface area contributed by atoms with Gasteiger partial charge in [0.1, 0.15) is 6.10 Å². The highest BCUT2D eigenvalue weighted by molar-refractivity contribution is 5.85. The molecule has 1 rings (SSSR count). The Labute approximate surface area is 104 Å². The second kappa shape index (κ2) is 6.08. The van der Waals surface area contributed by atoms with Crippen molar-refractivity contribution < 1.29 is 14.3 Å². The summed E-state index contributed by atoms with van der Waals surface area (Å²) in [7, 11) is 1.43. The molecule has 17 heavy (non-hydrogen) atoms. The van der Waals surface area contributed by atoms with E-state index in [1.165, 1.54) is 13.5 Å². The third-order valence-corrected chi connectivity index (χ3v) is 3.63. The fourth-order valence-corrected chi connectivity index (χ4v) is 2.53. The van der Waals surface area contributed by atoms with E-state index in [-0.39, 0.29) is 11.9 Å². The molecule has 0 aliphatic heterocycles. The van der Waals surface area contributed by atoms with Crippen LogP contribution < -0.4 is 0 Å². The van der Waals surface area contributed by atoms with Crippen LogP contribution in [0.4, 0.5) is 0 Å². The summed E-state index contributed by atoms with van der Waals surface area (Å²) >= 11 is 0. The van der Waals surface area contributed by atoms with Crippen LogP contribution >= 0.6 is 0 Å². The van der Waals surface area contributed by atoms with E-state index in [0.717, 1.165) is 12.8 Å². The van der Waals surface area contributed by atoms with Gasteiger partial charge in [0.25, 0.3) is 0 Å². The summed E-state index contributed by atoms with van der Waals surface area (Å²) in [5.74, 6) is 1.57.